The molecule has 316 valence electrons. The number of aryl methyl sites for hydroxylation is 3. The maximum atomic E-state index is 10.6. The summed E-state index contributed by atoms with van der Waals surface area (Å²) in [6.07, 6.45) is 17.0. The molecule has 0 radical (unpaired) electrons. The quantitative estimate of drug-likeness (QED) is 0.174. The fourth-order valence-electron chi connectivity index (χ4n) is 6.79. The maximum absolute atomic E-state index is 10.6. The maximum Gasteiger partial charge on any atom is 0.269 e. The van der Waals surface area contributed by atoms with Gasteiger partial charge in [0.2, 0.25) is 0 Å². The molecule has 0 saturated heterocycles. The van der Waals surface area contributed by atoms with E-state index in [0.717, 1.165) is 40.2 Å². The summed E-state index contributed by atoms with van der Waals surface area (Å²) in [6, 6.07) is 21.4. The van der Waals surface area contributed by atoms with E-state index < -0.39 is 11.8 Å². The summed E-state index contributed by atoms with van der Waals surface area (Å²) in [4.78, 5) is 33.7. The molecule has 2 amide bonds. The van der Waals surface area contributed by atoms with Gasteiger partial charge in [-0.3, -0.25) is 9.59 Å². The van der Waals surface area contributed by atoms with Crippen LogP contribution in [0.3, 0.4) is 0 Å². The molecule has 0 spiro atoms. The Morgan fingerprint density at radius 2 is 1.15 bits per heavy atom. The number of nitrogens with two attached hydrogens (primary N) is 2. The Kier molecular flexibility index (Phi) is 21.9. The molecule has 2 aromatic carbocycles. The molecule has 12 heteroatoms. The lowest BCUT2D eigenvalue weighted by Crippen LogP contribution is -2.33. The monoisotopic (exact) mass is 803 g/mol. The van der Waals surface area contributed by atoms with Crippen LogP contribution >= 0.6 is 0 Å². The van der Waals surface area contributed by atoms with Crippen molar-refractivity contribution in [3.05, 3.63) is 106 Å². The van der Waals surface area contributed by atoms with E-state index in [2.05, 4.69) is 80.5 Å². The van der Waals surface area contributed by atoms with Gasteiger partial charge in [-0.25, -0.2) is 9.97 Å². The molecule has 0 atom stereocenters. The minimum atomic E-state index is -0.544. The topological polar surface area (TPSA) is 192 Å². The van der Waals surface area contributed by atoms with Crippen LogP contribution in [-0.4, -0.2) is 58.2 Å². The van der Waals surface area contributed by atoms with Crippen LogP contribution in [0.4, 0.5) is 11.4 Å². The number of amides is 2. The lowest BCUT2D eigenvalue weighted by atomic mass is 9.94. The highest BCUT2D eigenvalue weighted by atomic mass is 16.1. The van der Waals surface area contributed by atoms with Gasteiger partial charge in [-0.1, -0.05) is 73.1 Å². The molecule has 4 aromatic rings. The first-order valence-electron chi connectivity index (χ1n) is 21.0. The first kappa shape index (κ1) is 49.3. The summed E-state index contributed by atoms with van der Waals surface area (Å²) in [6.45, 7) is 14.0. The number of hydrogen-bond donors (Lipinski definition) is 2. The standard InChI is InChI=1S/2C15H20N2.C8H11N3O.C7H9N3O.C2H6/c2*1-12-10-15(9-8-13(12)11-16)17(2)14-6-4-3-5-7-14;1-5(2)6-3-4-7(8(9)12)11-10-6;1-2-6-9-3-5(4-10-6)7(8)11;1-2/h2*8-10,14H,3-7H2,1-2H3;3-5H,1-2H3,(H2,9,12);3-4H,2H2,1H3,(H2,8,11);1-2H3. The summed E-state index contributed by atoms with van der Waals surface area (Å²) >= 11 is 0. The molecule has 2 aliphatic carbocycles. The van der Waals surface area contributed by atoms with Crippen molar-refractivity contribution in [2.75, 3.05) is 23.9 Å². The number of benzene rings is 2. The molecule has 12 nitrogen and oxygen atoms in total. The second-order valence-corrected chi connectivity index (χ2v) is 15.0. The van der Waals surface area contributed by atoms with Gasteiger partial charge in [-0.05, 0) is 105 Å². The Morgan fingerprint density at radius 3 is 1.46 bits per heavy atom. The number of aromatic nitrogens is 4. The van der Waals surface area contributed by atoms with Crippen molar-refractivity contribution in [3.63, 3.8) is 0 Å². The Bertz CT molecular complexity index is 1870. The van der Waals surface area contributed by atoms with Gasteiger partial charge in [-0.15, -0.1) is 5.10 Å². The van der Waals surface area contributed by atoms with Gasteiger partial charge in [-0.2, -0.15) is 15.6 Å². The molecule has 59 heavy (non-hydrogen) atoms. The second kappa shape index (κ2) is 26.2. The minimum Gasteiger partial charge on any atom is -0.372 e. The van der Waals surface area contributed by atoms with Crippen molar-refractivity contribution in [3.8, 4) is 12.1 Å². The van der Waals surface area contributed by atoms with E-state index in [1.54, 1.807) is 12.1 Å². The van der Waals surface area contributed by atoms with Gasteiger partial charge in [0.05, 0.1) is 34.5 Å². The van der Waals surface area contributed by atoms with Crippen LogP contribution in [0.15, 0.2) is 60.9 Å². The van der Waals surface area contributed by atoms with Crippen molar-refractivity contribution in [2.45, 2.75) is 137 Å². The van der Waals surface area contributed by atoms with Gasteiger partial charge in [0.15, 0.2) is 5.69 Å². The Balaban J connectivity index is 0.000000272. The van der Waals surface area contributed by atoms with E-state index >= 15 is 0 Å². The third-order valence-corrected chi connectivity index (χ3v) is 10.6. The fraction of sp³-hybridized carbons (Fsp3) is 0.489. The Labute approximate surface area is 353 Å². The molecule has 2 saturated carbocycles. The summed E-state index contributed by atoms with van der Waals surface area (Å²) in [5, 5.41) is 25.4. The predicted molar refractivity (Wildman–Crippen MR) is 238 cm³/mol. The minimum absolute atomic E-state index is 0.208. The zero-order valence-corrected chi connectivity index (χ0v) is 36.8. The highest BCUT2D eigenvalue weighted by Gasteiger charge is 2.20. The van der Waals surface area contributed by atoms with E-state index in [-0.39, 0.29) is 5.69 Å². The van der Waals surface area contributed by atoms with Crippen LogP contribution in [0.5, 0.6) is 0 Å². The summed E-state index contributed by atoms with van der Waals surface area (Å²) in [7, 11) is 4.35. The van der Waals surface area contributed by atoms with Gasteiger partial charge in [0.1, 0.15) is 5.82 Å². The average molecular weight is 803 g/mol. The van der Waals surface area contributed by atoms with Gasteiger partial charge < -0.3 is 21.3 Å². The van der Waals surface area contributed by atoms with Crippen LogP contribution < -0.4 is 21.3 Å². The first-order chi connectivity index (χ1) is 28.3. The summed E-state index contributed by atoms with van der Waals surface area (Å²) < 4.78 is 0. The van der Waals surface area contributed by atoms with Crippen LogP contribution in [0.25, 0.3) is 0 Å². The Hall–Kier alpha value is -5.88. The lowest BCUT2D eigenvalue weighted by Gasteiger charge is -2.33. The molecule has 0 aliphatic heterocycles. The summed E-state index contributed by atoms with van der Waals surface area (Å²) in [5.74, 6) is -0.000106. The SMILES string of the molecule is CC.CC(C)c1ccc(C(N)=O)nn1.CCc1ncc(C(N)=O)cn1.Cc1cc(N(C)C2CCCCC2)ccc1C#N.Cc1cc(N(C)C2CCCCC2)ccc1C#N. The second-order valence-electron chi connectivity index (χ2n) is 15.0. The smallest absolute Gasteiger partial charge is 0.269 e. The van der Waals surface area contributed by atoms with E-state index in [0.29, 0.717) is 23.6 Å². The number of rotatable bonds is 8. The van der Waals surface area contributed by atoms with Crippen molar-refractivity contribution >= 4 is 23.2 Å². The third-order valence-electron chi connectivity index (χ3n) is 10.6. The normalized spacial score (nSPS) is 13.5. The molecule has 2 aliphatic rings. The first-order valence-corrected chi connectivity index (χ1v) is 21.0. The van der Waals surface area contributed by atoms with Crippen molar-refractivity contribution in [1.29, 1.82) is 10.5 Å². The molecule has 4 N–H and O–H groups in total. The van der Waals surface area contributed by atoms with Crippen molar-refractivity contribution in [2.24, 2.45) is 11.5 Å². The van der Waals surface area contributed by atoms with E-state index in [1.165, 1.54) is 88.0 Å². The highest BCUT2D eigenvalue weighted by Crippen LogP contribution is 2.28. The van der Waals surface area contributed by atoms with Gasteiger partial charge in [0, 0.05) is 56.4 Å². The molecule has 2 aromatic heterocycles. The van der Waals surface area contributed by atoms with Gasteiger partial charge >= 0.3 is 0 Å². The van der Waals surface area contributed by atoms with E-state index in [1.807, 2.05) is 60.6 Å². The fourth-order valence-corrected chi connectivity index (χ4v) is 6.79. The number of primary amides is 2. The van der Waals surface area contributed by atoms with Crippen molar-refractivity contribution < 1.29 is 9.59 Å². The highest BCUT2D eigenvalue weighted by molar-refractivity contribution is 5.92. The van der Waals surface area contributed by atoms with E-state index in [4.69, 9.17) is 22.0 Å². The van der Waals surface area contributed by atoms with Crippen LogP contribution in [0.2, 0.25) is 0 Å². The van der Waals surface area contributed by atoms with Crippen LogP contribution in [0, 0.1) is 36.5 Å². The molecule has 2 heterocycles. The number of anilines is 2. The number of carbonyl (C=O) groups is 2. The van der Waals surface area contributed by atoms with Crippen LogP contribution in [-0.2, 0) is 6.42 Å². The largest absolute Gasteiger partial charge is 0.372 e. The number of carbonyl (C=O) groups excluding carboxylic acids is 2. The number of nitriles is 2. The average Bonchev–Trinajstić information content (AvgIpc) is 3.27. The zero-order chi connectivity index (χ0) is 43.9. The number of nitrogens with zero attached hydrogens (tertiary/aromatic N) is 8. The van der Waals surface area contributed by atoms with E-state index in [9.17, 15) is 9.59 Å². The Morgan fingerprint density at radius 1 is 0.712 bits per heavy atom. The number of hydrogen-bond acceptors (Lipinski definition) is 10. The molecule has 2 fully saturated rings. The lowest BCUT2D eigenvalue weighted by molar-refractivity contribution is 0.0988. The molecular formula is C47H66N10O2. The molecule has 0 unspecified atom stereocenters. The predicted octanol–water partition coefficient (Wildman–Crippen LogP) is 9.13. The van der Waals surface area contributed by atoms with Crippen molar-refractivity contribution in [1.82, 2.24) is 20.2 Å². The summed E-state index contributed by atoms with van der Waals surface area (Å²) in [5.41, 5.74) is 17.6. The zero-order valence-electron chi connectivity index (χ0n) is 36.8. The van der Waals surface area contributed by atoms with Gasteiger partial charge in [0.25, 0.3) is 11.8 Å². The van der Waals surface area contributed by atoms with Crippen LogP contribution in [0.1, 0.15) is 159 Å². The molecule has 0 bridgehead atoms. The molecular weight excluding hydrogens is 737 g/mol. The molecule has 6 rings (SSSR count). The third kappa shape index (κ3) is 16.1.